The Morgan fingerprint density at radius 2 is 2.06 bits per heavy atom. The van der Waals surface area contributed by atoms with E-state index < -0.39 is 0 Å². The first kappa shape index (κ1) is 12.6. The molecule has 0 fully saturated rings. The van der Waals surface area contributed by atoms with E-state index in [-0.39, 0.29) is 0 Å². The lowest BCUT2D eigenvalue weighted by Gasteiger charge is -2.20. The number of hydrogen-bond acceptors (Lipinski definition) is 2. The van der Waals surface area contributed by atoms with E-state index in [1.165, 1.54) is 37.9 Å². The van der Waals surface area contributed by atoms with Crippen LogP contribution in [0.3, 0.4) is 0 Å². The highest BCUT2D eigenvalue weighted by atomic mass is 15.1. The quantitative estimate of drug-likeness (QED) is 0.784. The van der Waals surface area contributed by atoms with Crippen molar-refractivity contribution in [1.82, 2.24) is 10.2 Å². The number of aryl methyl sites for hydroxylation is 1. The molecule has 1 heterocycles. The molecule has 94 valence electrons. The molecule has 0 aromatic heterocycles. The molecule has 0 spiro atoms. The second kappa shape index (κ2) is 6.77. The van der Waals surface area contributed by atoms with E-state index in [0.29, 0.717) is 0 Å². The summed E-state index contributed by atoms with van der Waals surface area (Å²) in [6.45, 7) is 8.02. The van der Waals surface area contributed by atoms with Crippen LogP contribution < -0.4 is 5.32 Å². The van der Waals surface area contributed by atoms with Crippen molar-refractivity contribution in [2.24, 2.45) is 0 Å². The van der Waals surface area contributed by atoms with Crippen LogP contribution >= 0.6 is 0 Å². The third-order valence-corrected chi connectivity index (χ3v) is 3.51. The number of rotatable bonds is 5. The summed E-state index contributed by atoms with van der Waals surface area (Å²) in [6.07, 6.45) is 3.81. The zero-order chi connectivity index (χ0) is 11.9. The average Bonchev–Trinajstić information content (AvgIpc) is 2.56. The molecule has 2 rings (SSSR count). The predicted molar refractivity (Wildman–Crippen MR) is 73.2 cm³/mol. The lowest BCUT2D eigenvalue weighted by Crippen LogP contribution is -2.27. The Bertz CT molecular complexity index is 335. The Kier molecular flexibility index (Phi) is 5.02. The maximum Gasteiger partial charge on any atom is 0.0236 e. The Labute approximate surface area is 105 Å². The van der Waals surface area contributed by atoms with Crippen molar-refractivity contribution in [2.75, 3.05) is 26.2 Å². The maximum atomic E-state index is 3.40. The van der Waals surface area contributed by atoms with Crippen molar-refractivity contribution >= 4 is 0 Å². The van der Waals surface area contributed by atoms with Crippen molar-refractivity contribution in [2.45, 2.75) is 32.7 Å². The van der Waals surface area contributed by atoms with Crippen LogP contribution in [0.25, 0.3) is 0 Å². The van der Waals surface area contributed by atoms with Gasteiger partial charge in [0.2, 0.25) is 0 Å². The molecule has 0 radical (unpaired) electrons. The molecule has 1 aromatic carbocycles. The maximum absolute atomic E-state index is 3.40. The SMILES string of the molecule is CCNCCCN1CCCc2ccccc2C1. The normalized spacial score (nSPS) is 16.5. The van der Waals surface area contributed by atoms with E-state index >= 15 is 0 Å². The molecule has 0 saturated carbocycles. The first-order chi connectivity index (χ1) is 8.40. The molecule has 1 aliphatic rings. The van der Waals surface area contributed by atoms with Crippen LogP contribution in [-0.4, -0.2) is 31.1 Å². The van der Waals surface area contributed by atoms with Crippen molar-refractivity contribution < 1.29 is 0 Å². The second-order valence-corrected chi connectivity index (χ2v) is 4.86. The van der Waals surface area contributed by atoms with Gasteiger partial charge in [-0.15, -0.1) is 0 Å². The molecule has 17 heavy (non-hydrogen) atoms. The van der Waals surface area contributed by atoms with Gasteiger partial charge in [0.1, 0.15) is 0 Å². The molecule has 1 aromatic rings. The summed E-state index contributed by atoms with van der Waals surface area (Å²) in [7, 11) is 0. The monoisotopic (exact) mass is 232 g/mol. The van der Waals surface area contributed by atoms with Gasteiger partial charge in [0, 0.05) is 6.54 Å². The van der Waals surface area contributed by atoms with E-state index in [1.807, 2.05) is 0 Å². The molecule has 0 saturated heterocycles. The largest absolute Gasteiger partial charge is 0.317 e. The minimum Gasteiger partial charge on any atom is -0.317 e. The fourth-order valence-electron chi connectivity index (χ4n) is 2.56. The summed E-state index contributed by atoms with van der Waals surface area (Å²) >= 11 is 0. The predicted octanol–water partition coefficient (Wildman–Crippen LogP) is 2.43. The summed E-state index contributed by atoms with van der Waals surface area (Å²) in [4.78, 5) is 2.60. The highest BCUT2D eigenvalue weighted by Crippen LogP contribution is 2.18. The molecule has 0 bridgehead atoms. The van der Waals surface area contributed by atoms with Crippen LogP contribution in [0.5, 0.6) is 0 Å². The van der Waals surface area contributed by atoms with Crippen molar-refractivity contribution in [1.29, 1.82) is 0 Å². The fraction of sp³-hybridized carbons (Fsp3) is 0.600. The molecule has 1 N–H and O–H groups in total. The van der Waals surface area contributed by atoms with E-state index in [2.05, 4.69) is 41.4 Å². The van der Waals surface area contributed by atoms with Gasteiger partial charge in [-0.05, 0) is 56.6 Å². The fourth-order valence-corrected chi connectivity index (χ4v) is 2.56. The molecule has 2 heteroatoms. The van der Waals surface area contributed by atoms with Crippen LogP contribution in [-0.2, 0) is 13.0 Å². The van der Waals surface area contributed by atoms with Crippen LogP contribution in [0.2, 0.25) is 0 Å². The van der Waals surface area contributed by atoms with Crippen LogP contribution in [0, 0.1) is 0 Å². The molecule has 0 aliphatic carbocycles. The molecule has 2 nitrogen and oxygen atoms in total. The number of benzene rings is 1. The van der Waals surface area contributed by atoms with E-state index in [9.17, 15) is 0 Å². The Morgan fingerprint density at radius 3 is 2.88 bits per heavy atom. The van der Waals surface area contributed by atoms with Gasteiger partial charge < -0.3 is 5.32 Å². The summed E-state index contributed by atoms with van der Waals surface area (Å²) in [5, 5.41) is 3.40. The van der Waals surface area contributed by atoms with Crippen LogP contribution in [0.4, 0.5) is 0 Å². The zero-order valence-electron chi connectivity index (χ0n) is 10.9. The molecular formula is C15H24N2. The van der Waals surface area contributed by atoms with Crippen molar-refractivity contribution in [3.63, 3.8) is 0 Å². The highest BCUT2D eigenvalue weighted by Gasteiger charge is 2.12. The highest BCUT2D eigenvalue weighted by molar-refractivity contribution is 5.27. The first-order valence-corrected chi connectivity index (χ1v) is 6.90. The lowest BCUT2D eigenvalue weighted by atomic mass is 10.0. The number of hydrogen-bond donors (Lipinski definition) is 1. The zero-order valence-corrected chi connectivity index (χ0v) is 10.9. The van der Waals surface area contributed by atoms with Crippen LogP contribution in [0.15, 0.2) is 24.3 Å². The van der Waals surface area contributed by atoms with Gasteiger partial charge in [-0.2, -0.15) is 0 Å². The Morgan fingerprint density at radius 1 is 1.24 bits per heavy atom. The molecular weight excluding hydrogens is 208 g/mol. The average molecular weight is 232 g/mol. The molecule has 0 unspecified atom stereocenters. The Hall–Kier alpha value is -0.860. The van der Waals surface area contributed by atoms with Gasteiger partial charge in [-0.3, -0.25) is 4.90 Å². The van der Waals surface area contributed by atoms with E-state index in [1.54, 1.807) is 5.56 Å². The Balaban J connectivity index is 1.85. The second-order valence-electron chi connectivity index (χ2n) is 4.86. The molecule has 1 aliphatic heterocycles. The number of nitrogens with one attached hydrogen (secondary N) is 1. The summed E-state index contributed by atoms with van der Waals surface area (Å²) in [5.74, 6) is 0. The minimum atomic E-state index is 1.09. The standard InChI is InChI=1S/C15H24N2/c1-2-16-10-6-12-17-11-5-9-14-7-3-4-8-15(14)13-17/h3-4,7-8,16H,2,5-6,9-13H2,1H3. The van der Waals surface area contributed by atoms with Crippen LogP contribution in [0.1, 0.15) is 30.9 Å². The van der Waals surface area contributed by atoms with Gasteiger partial charge in [-0.1, -0.05) is 31.2 Å². The summed E-state index contributed by atoms with van der Waals surface area (Å²) < 4.78 is 0. The van der Waals surface area contributed by atoms with Gasteiger partial charge in [0.25, 0.3) is 0 Å². The van der Waals surface area contributed by atoms with Crippen molar-refractivity contribution in [3.8, 4) is 0 Å². The third kappa shape index (κ3) is 3.83. The molecule has 0 amide bonds. The van der Waals surface area contributed by atoms with Gasteiger partial charge >= 0.3 is 0 Å². The number of fused-ring (bicyclic) bond motifs is 1. The third-order valence-electron chi connectivity index (χ3n) is 3.51. The summed E-state index contributed by atoms with van der Waals surface area (Å²) in [5.41, 5.74) is 3.09. The van der Waals surface area contributed by atoms with Gasteiger partial charge in [0.15, 0.2) is 0 Å². The van der Waals surface area contributed by atoms with E-state index in [4.69, 9.17) is 0 Å². The van der Waals surface area contributed by atoms with Gasteiger partial charge in [0.05, 0.1) is 0 Å². The molecule has 0 atom stereocenters. The smallest absolute Gasteiger partial charge is 0.0236 e. The minimum absolute atomic E-state index is 1.09. The van der Waals surface area contributed by atoms with Gasteiger partial charge in [-0.25, -0.2) is 0 Å². The topological polar surface area (TPSA) is 15.3 Å². The summed E-state index contributed by atoms with van der Waals surface area (Å²) in [6, 6.07) is 8.91. The van der Waals surface area contributed by atoms with E-state index in [0.717, 1.165) is 19.6 Å². The lowest BCUT2D eigenvalue weighted by molar-refractivity contribution is 0.265. The van der Waals surface area contributed by atoms with Crippen molar-refractivity contribution in [3.05, 3.63) is 35.4 Å². The first-order valence-electron chi connectivity index (χ1n) is 6.90. The number of nitrogens with zero attached hydrogens (tertiary/aromatic N) is 1.